The van der Waals surface area contributed by atoms with Gasteiger partial charge in [0.25, 0.3) is 5.91 Å². The van der Waals surface area contributed by atoms with Gasteiger partial charge in [0.05, 0.1) is 16.6 Å². The summed E-state index contributed by atoms with van der Waals surface area (Å²) in [6.45, 7) is 0. The number of nitrogens with zero attached hydrogens (tertiary/aromatic N) is 3. The highest BCUT2D eigenvalue weighted by molar-refractivity contribution is 7.98. The van der Waals surface area contributed by atoms with Crippen molar-refractivity contribution in [2.24, 2.45) is 0 Å². The van der Waals surface area contributed by atoms with Gasteiger partial charge >= 0.3 is 0 Å². The Morgan fingerprint density at radius 2 is 2.23 bits per heavy atom. The molecular weight excluding hydrogens is 390 g/mol. The zero-order valence-corrected chi connectivity index (χ0v) is 15.7. The van der Waals surface area contributed by atoms with E-state index in [1.165, 1.54) is 17.7 Å². The Morgan fingerprint density at radius 3 is 3.08 bits per heavy atom. The molecule has 0 unspecified atom stereocenters. The zero-order valence-electron chi connectivity index (χ0n) is 13.3. The summed E-state index contributed by atoms with van der Waals surface area (Å²) < 4.78 is 0. The number of nitrogens with one attached hydrogen (secondary N) is 2. The molecule has 0 saturated carbocycles. The van der Waals surface area contributed by atoms with Crippen LogP contribution in [0, 0.1) is 0 Å². The number of aromatic nitrogens is 4. The average Bonchev–Trinajstić information content (AvgIpc) is 3.29. The van der Waals surface area contributed by atoms with Gasteiger partial charge in [-0.2, -0.15) is 5.10 Å². The number of hydrogen-bond acceptors (Lipinski definition) is 6. The number of halogens is 1. The predicted octanol–water partition coefficient (Wildman–Crippen LogP) is 4.61. The molecule has 0 radical (unpaired) electrons. The van der Waals surface area contributed by atoms with E-state index in [-0.39, 0.29) is 5.91 Å². The number of rotatable bonds is 5. The average molecular weight is 402 g/mol. The van der Waals surface area contributed by atoms with Crippen molar-refractivity contribution in [3.8, 4) is 0 Å². The van der Waals surface area contributed by atoms with Crippen LogP contribution in [0.15, 0.2) is 53.3 Å². The van der Waals surface area contributed by atoms with E-state index in [0.29, 0.717) is 15.7 Å². The van der Waals surface area contributed by atoms with Gasteiger partial charge in [-0.15, -0.1) is 23.1 Å². The predicted molar refractivity (Wildman–Crippen MR) is 105 cm³/mol. The fraction of sp³-hybridized carbons (Fsp3) is 0.0588. The molecule has 0 saturated heterocycles. The van der Waals surface area contributed by atoms with Gasteiger partial charge in [0, 0.05) is 11.4 Å². The number of fused-ring (bicyclic) bond motifs is 1. The molecule has 1 amide bonds. The molecule has 26 heavy (non-hydrogen) atoms. The van der Waals surface area contributed by atoms with E-state index < -0.39 is 0 Å². The maximum atomic E-state index is 12.3. The largest absolute Gasteiger partial charge is 0.321 e. The van der Waals surface area contributed by atoms with Gasteiger partial charge in [0.15, 0.2) is 5.65 Å². The van der Waals surface area contributed by atoms with Crippen LogP contribution < -0.4 is 5.32 Å². The van der Waals surface area contributed by atoms with Crippen LogP contribution in [-0.4, -0.2) is 26.1 Å². The molecule has 9 heteroatoms. The number of anilines is 1. The number of carbonyl (C=O) groups excluding carboxylic acids is 1. The summed E-state index contributed by atoms with van der Waals surface area (Å²) in [5.41, 5.74) is 2.52. The van der Waals surface area contributed by atoms with Crippen molar-refractivity contribution in [1.82, 2.24) is 20.2 Å². The molecule has 0 aliphatic heterocycles. The molecule has 3 heterocycles. The summed E-state index contributed by atoms with van der Waals surface area (Å²) in [6.07, 6.45) is 3.24. The number of carbonyl (C=O) groups is 1. The third-order valence-corrected chi connectivity index (χ3v) is 6.01. The Bertz CT molecular complexity index is 1080. The van der Waals surface area contributed by atoms with Crippen LogP contribution in [-0.2, 0) is 5.75 Å². The lowest BCUT2D eigenvalue weighted by atomic mass is 10.2. The van der Waals surface area contributed by atoms with Gasteiger partial charge in [-0.05, 0) is 29.1 Å². The lowest BCUT2D eigenvalue weighted by Crippen LogP contribution is -2.10. The minimum Gasteiger partial charge on any atom is -0.321 e. The van der Waals surface area contributed by atoms with E-state index in [9.17, 15) is 4.79 Å². The molecule has 0 bridgehead atoms. The molecule has 1 aromatic carbocycles. The van der Waals surface area contributed by atoms with Crippen molar-refractivity contribution in [3.63, 3.8) is 0 Å². The number of thiophene rings is 1. The fourth-order valence-electron chi connectivity index (χ4n) is 2.39. The van der Waals surface area contributed by atoms with Crippen LogP contribution in [0.4, 0.5) is 5.69 Å². The molecule has 3 aromatic heterocycles. The number of thioether (sulfide) groups is 1. The molecule has 0 fully saturated rings. The Balaban J connectivity index is 1.47. The highest BCUT2D eigenvalue weighted by Gasteiger charge is 2.12. The number of amides is 1. The number of benzene rings is 1. The van der Waals surface area contributed by atoms with Gasteiger partial charge in [0.1, 0.15) is 16.2 Å². The van der Waals surface area contributed by atoms with Crippen molar-refractivity contribution < 1.29 is 4.79 Å². The number of aromatic amines is 1. The summed E-state index contributed by atoms with van der Waals surface area (Å²) in [6, 6.07) is 9.43. The molecule has 0 atom stereocenters. The van der Waals surface area contributed by atoms with Crippen LogP contribution in [0.5, 0.6) is 0 Å². The minimum atomic E-state index is -0.203. The highest BCUT2D eigenvalue weighted by Crippen LogP contribution is 2.28. The zero-order chi connectivity index (χ0) is 17.9. The third-order valence-electron chi connectivity index (χ3n) is 3.60. The monoisotopic (exact) mass is 401 g/mol. The van der Waals surface area contributed by atoms with Gasteiger partial charge in [-0.25, -0.2) is 9.97 Å². The smallest absolute Gasteiger partial charge is 0.267 e. The van der Waals surface area contributed by atoms with E-state index in [4.69, 9.17) is 11.6 Å². The Labute approximate surface area is 162 Å². The van der Waals surface area contributed by atoms with Gasteiger partial charge in [-0.1, -0.05) is 23.7 Å². The number of H-pyrrole nitrogens is 1. The molecule has 4 rings (SSSR count). The van der Waals surface area contributed by atoms with E-state index in [1.807, 2.05) is 24.3 Å². The van der Waals surface area contributed by atoms with E-state index in [1.54, 1.807) is 29.4 Å². The van der Waals surface area contributed by atoms with Crippen molar-refractivity contribution in [1.29, 1.82) is 0 Å². The van der Waals surface area contributed by atoms with Crippen molar-refractivity contribution >= 4 is 57.3 Å². The first-order valence-electron chi connectivity index (χ1n) is 7.61. The quantitative estimate of drug-likeness (QED) is 0.376. The van der Waals surface area contributed by atoms with E-state index in [0.717, 1.165) is 27.3 Å². The normalized spacial score (nSPS) is 11.0. The SMILES string of the molecule is O=C(Nc1cccc(CSc2ncnc3[nH]ncc23)c1)c1sccc1Cl. The van der Waals surface area contributed by atoms with Crippen LogP contribution in [0.25, 0.3) is 11.0 Å². The first-order chi connectivity index (χ1) is 12.7. The Hall–Kier alpha value is -2.42. The highest BCUT2D eigenvalue weighted by atomic mass is 35.5. The van der Waals surface area contributed by atoms with Crippen LogP contribution >= 0.6 is 34.7 Å². The first-order valence-corrected chi connectivity index (χ1v) is 9.85. The van der Waals surface area contributed by atoms with Gasteiger partial charge in [-0.3, -0.25) is 9.89 Å². The van der Waals surface area contributed by atoms with E-state index in [2.05, 4.69) is 25.5 Å². The summed E-state index contributed by atoms with van der Waals surface area (Å²) in [4.78, 5) is 21.2. The maximum absolute atomic E-state index is 12.3. The fourth-order valence-corrected chi connectivity index (χ4v) is 4.34. The topological polar surface area (TPSA) is 83.6 Å². The molecule has 0 spiro atoms. The molecule has 0 aliphatic rings. The Kier molecular flexibility index (Phi) is 4.87. The van der Waals surface area contributed by atoms with Crippen molar-refractivity contribution in [3.05, 3.63) is 63.7 Å². The second-order valence-corrected chi connectivity index (χ2v) is 7.64. The van der Waals surface area contributed by atoms with Crippen molar-refractivity contribution in [2.75, 3.05) is 5.32 Å². The summed E-state index contributed by atoms with van der Waals surface area (Å²) in [5.74, 6) is 0.506. The molecule has 6 nitrogen and oxygen atoms in total. The second-order valence-electron chi connectivity index (χ2n) is 5.35. The third kappa shape index (κ3) is 3.57. The summed E-state index contributed by atoms with van der Waals surface area (Å²) in [7, 11) is 0. The maximum Gasteiger partial charge on any atom is 0.267 e. The van der Waals surface area contributed by atoms with Crippen LogP contribution in [0.3, 0.4) is 0 Å². The molecular formula is C17H12ClN5OS2. The second kappa shape index (κ2) is 7.45. The minimum absolute atomic E-state index is 0.203. The van der Waals surface area contributed by atoms with Crippen LogP contribution in [0.2, 0.25) is 5.02 Å². The van der Waals surface area contributed by atoms with Gasteiger partial charge in [0.2, 0.25) is 0 Å². The van der Waals surface area contributed by atoms with Crippen molar-refractivity contribution in [2.45, 2.75) is 10.8 Å². The van der Waals surface area contributed by atoms with Crippen LogP contribution in [0.1, 0.15) is 15.2 Å². The standard InChI is InChI=1S/C17H12ClN5OS2/c18-13-4-5-25-14(13)16(24)22-11-3-1-2-10(6-11)8-26-17-12-7-21-23-15(12)19-9-20-17/h1-7,9H,8H2,(H,22,24)(H,19,20,21,23). The molecule has 4 aromatic rings. The lowest BCUT2D eigenvalue weighted by Gasteiger charge is -2.07. The Morgan fingerprint density at radius 1 is 1.31 bits per heavy atom. The lowest BCUT2D eigenvalue weighted by molar-refractivity contribution is 0.103. The first kappa shape index (κ1) is 17.0. The van der Waals surface area contributed by atoms with Gasteiger partial charge < -0.3 is 5.32 Å². The number of hydrogen-bond donors (Lipinski definition) is 2. The molecule has 2 N–H and O–H groups in total. The molecule has 0 aliphatic carbocycles. The summed E-state index contributed by atoms with van der Waals surface area (Å²) >= 11 is 8.93. The molecule has 130 valence electrons. The van der Waals surface area contributed by atoms with E-state index >= 15 is 0 Å². The summed E-state index contributed by atoms with van der Waals surface area (Å²) in [5, 5.41) is 13.7.